The lowest BCUT2D eigenvalue weighted by molar-refractivity contribution is -0.120. The van der Waals surface area contributed by atoms with Gasteiger partial charge in [0.2, 0.25) is 5.91 Å². The van der Waals surface area contributed by atoms with Crippen LogP contribution in [0.25, 0.3) is 0 Å². The molecule has 0 spiro atoms. The summed E-state index contributed by atoms with van der Waals surface area (Å²) in [5.74, 6) is -1.12. The summed E-state index contributed by atoms with van der Waals surface area (Å²) in [7, 11) is 0. The molecule has 0 bridgehead atoms. The van der Waals surface area contributed by atoms with Gasteiger partial charge in [0.25, 0.3) is 0 Å². The number of nitrogens with one attached hydrogen (secondary N) is 1. The molecule has 1 aromatic heterocycles. The number of aryl methyl sites for hydroxylation is 1. The molecule has 0 aliphatic rings. The van der Waals surface area contributed by atoms with Crippen LogP contribution in [-0.2, 0) is 17.8 Å². The first-order valence-corrected chi connectivity index (χ1v) is 7.01. The number of carboxylic acid groups (broad SMARTS) is 1. The number of carboxylic acids is 1. The molecule has 110 valence electrons. The molecule has 2 rings (SSSR count). The van der Waals surface area contributed by atoms with Crippen LogP contribution in [0.4, 0.5) is 0 Å². The van der Waals surface area contributed by atoms with Crippen molar-refractivity contribution in [2.24, 2.45) is 0 Å². The third-order valence-corrected chi connectivity index (χ3v) is 3.89. The number of rotatable bonds is 5. The molecule has 0 aliphatic heterocycles. The zero-order valence-corrected chi connectivity index (χ0v) is 12.1. The van der Waals surface area contributed by atoms with E-state index in [1.807, 2.05) is 0 Å². The molecule has 3 N–H and O–H groups in total. The van der Waals surface area contributed by atoms with Crippen LogP contribution in [0, 0.1) is 6.92 Å². The number of amides is 1. The van der Waals surface area contributed by atoms with Gasteiger partial charge >= 0.3 is 5.97 Å². The van der Waals surface area contributed by atoms with Gasteiger partial charge < -0.3 is 15.5 Å². The number of carbonyl (C=O) groups is 2. The lowest BCUT2D eigenvalue weighted by Crippen LogP contribution is -2.24. The number of hydrogen-bond donors (Lipinski definition) is 3. The van der Waals surface area contributed by atoms with Crippen molar-refractivity contribution in [3.8, 4) is 5.75 Å². The third kappa shape index (κ3) is 4.03. The number of carbonyl (C=O) groups excluding carboxylic acids is 1. The molecule has 2 aromatic rings. The fourth-order valence-corrected chi connectivity index (χ4v) is 2.66. The van der Waals surface area contributed by atoms with E-state index >= 15 is 0 Å². The highest BCUT2D eigenvalue weighted by molar-refractivity contribution is 7.13. The highest BCUT2D eigenvalue weighted by atomic mass is 32.1. The predicted octanol–water partition coefficient (Wildman–Crippen LogP) is 1.71. The maximum Gasteiger partial charge on any atom is 0.347 e. The van der Waals surface area contributed by atoms with E-state index in [1.54, 1.807) is 19.1 Å². The van der Waals surface area contributed by atoms with Gasteiger partial charge in [-0.1, -0.05) is 12.1 Å². The minimum Gasteiger partial charge on any atom is -0.508 e. The van der Waals surface area contributed by atoms with Crippen LogP contribution in [0.15, 0.2) is 24.3 Å². The van der Waals surface area contributed by atoms with Gasteiger partial charge in [-0.25, -0.2) is 9.78 Å². The van der Waals surface area contributed by atoms with E-state index in [-0.39, 0.29) is 29.5 Å². The number of aromatic hydroxyl groups is 1. The molecular formula is C14H14N2O4S. The zero-order valence-electron chi connectivity index (χ0n) is 11.3. The second-order valence-corrected chi connectivity index (χ2v) is 5.53. The van der Waals surface area contributed by atoms with Crippen LogP contribution in [0.5, 0.6) is 5.75 Å². The number of hydrogen-bond acceptors (Lipinski definition) is 5. The summed E-state index contributed by atoms with van der Waals surface area (Å²) < 4.78 is 0. The van der Waals surface area contributed by atoms with Gasteiger partial charge in [0, 0.05) is 0 Å². The van der Waals surface area contributed by atoms with Crippen LogP contribution in [-0.4, -0.2) is 27.1 Å². The van der Waals surface area contributed by atoms with Crippen LogP contribution >= 0.6 is 11.3 Å². The zero-order chi connectivity index (χ0) is 15.4. The van der Waals surface area contributed by atoms with Crippen LogP contribution in [0.1, 0.15) is 25.9 Å². The lowest BCUT2D eigenvalue weighted by Gasteiger charge is -2.03. The van der Waals surface area contributed by atoms with Crippen LogP contribution in [0.2, 0.25) is 0 Å². The van der Waals surface area contributed by atoms with Gasteiger partial charge in [-0.2, -0.15) is 0 Å². The Labute approximate surface area is 125 Å². The van der Waals surface area contributed by atoms with E-state index < -0.39 is 5.97 Å². The van der Waals surface area contributed by atoms with Crippen molar-refractivity contribution in [3.63, 3.8) is 0 Å². The molecule has 0 atom stereocenters. The van der Waals surface area contributed by atoms with E-state index in [4.69, 9.17) is 5.11 Å². The van der Waals surface area contributed by atoms with E-state index in [1.165, 1.54) is 12.1 Å². The summed E-state index contributed by atoms with van der Waals surface area (Å²) >= 11 is 1.05. The molecular weight excluding hydrogens is 292 g/mol. The van der Waals surface area contributed by atoms with Gasteiger partial charge in [0.15, 0.2) is 0 Å². The Kier molecular flexibility index (Phi) is 4.54. The Hall–Kier alpha value is -2.41. The monoisotopic (exact) mass is 306 g/mol. The molecule has 0 saturated carbocycles. The lowest BCUT2D eigenvalue weighted by atomic mass is 10.1. The largest absolute Gasteiger partial charge is 0.508 e. The second kappa shape index (κ2) is 6.36. The first-order chi connectivity index (χ1) is 9.95. The Morgan fingerprint density at radius 2 is 2.14 bits per heavy atom. The van der Waals surface area contributed by atoms with Gasteiger partial charge in [-0.3, -0.25) is 4.79 Å². The summed E-state index contributed by atoms with van der Waals surface area (Å²) in [6, 6.07) is 6.47. The highest BCUT2D eigenvalue weighted by Gasteiger charge is 2.14. The van der Waals surface area contributed by atoms with Crippen molar-refractivity contribution in [3.05, 3.63) is 45.4 Å². The van der Waals surface area contributed by atoms with Gasteiger partial charge in [0.05, 0.1) is 18.7 Å². The molecule has 21 heavy (non-hydrogen) atoms. The first kappa shape index (κ1) is 15.0. The van der Waals surface area contributed by atoms with Crippen molar-refractivity contribution >= 4 is 23.2 Å². The molecule has 0 unspecified atom stereocenters. The number of thiazole rings is 1. The molecule has 0 radical (unpaired) electrons. The summed E-state index contributed by atoms with van der Waals surface area (Å²) in [4.78, 5) is 27.0. The Morgan fingerprint density at radius 3 is 2.76 bits per heavy atom. The number of phenolic OH excluding ortho intramolecular Hbond substituents is 1. The molecule has 6 nitrogen and oxygen atoms in total. The molecule has 7 heteroatoms. The maximum absolute atomic E-state index is 11.8. The highest BCUT2D eigenvalue weighted by Crippen LogP contribution is 2.17. The fourth-order valence-electron chi connectivity index (χ4n) is 1.81. The van der Waals surface area contributed by atoms with Crippen molar-refractivity contribution in [1.82, 2.24) is 10.3 Å². The van der Waals surface area contributed by atoms with Crippen molar-refractivity contribution in [2.75, 3.05) is 0 Å². The molecule has 1 aromatic carbocycles. The van der Waals surface area contributed by atoms with Crippen LogP contribution < -0.4 is 5.32 Å². The quantitative estimate of drug-likeness (QED) is 0.781. The number of phenols is 1. The molecule has 0 fully saturated rings. The number of nitrogens with zero attached hydrogens (tertiary/aromatic N) is 1. The van der Waals surface area contributed by atoms with Gasteiger partial charge in [-0.15, -0.1) is 11.3 Å². The summed E-state index contributed by atoms with van der Waals surface area (Å²) in [6.45, 7) is 1.81. The van der Waals surface area contributed by atoms with Gasteiger partial charge in [0.1, 0.15) is 15.6 Å². The summed E-state index contributed by atoms with van der Waals surface area (Å²) in [6.07, 6.45) is 0.143. The third-order valence-electron chi connectivity index (χ3n) is 2.75. The second-order valence-electron chi connectivity index (χ2n) is 4.45. The predicted molar refractivity (Wildman–Crippen MR) is 77.5 cm³/mol. The van der Waals surface area contributed by atoms with Crippen molar-refractivity contribution in [2.45, 2.75) is 19.9 Å². The topological polar surface area (TPSA) is 99.5 Å². The number of aromatic nitrogens is 1. The van der Waals surface area contributed by atoms with Crippen LogP contribution in [0.3, 0.4) is 0 Å². The minimum absolute atomic E-state index is 0.113. The van der Waals surface area contributed by atoms with Crippen molar-refractivity contribution < 1.29 is 19.8 Å². The molecule has 0 aliphatic carbocycles. The SMILES string of the molecule is Cc1nc(CNC(=O)Cc2cccc(O)c2)sc1C(=O)O. The Balaban J connectivity index is 1.92. The Bertz CT molecular complexity index is 681. The molecule has 0 saturated heterocycles. The van der Waals surface area contributed by atoms with E-state index in [2.05, 4.69) is 10.3 Å². The average molecular weight is 306 g/mol. The summed E-state index contributed by atoms with van der Waals surface area (Å²) in [5.41, 5.74) is 1.15. The Morgan fingerprint density at radius 1 is 1.38 bits per heavy atom. The standard InChI is InChI=1S/C14H14N2O4S/c1-8-13(14(19)20)21-12(16-8)7-15-11(18)6-9-3-2-4-10(17)5-9/h2-5,17H,6-7H2,1H3,(H,15,18)(H,19,20). The molecule has 1 amide bonds. The van der Waals surface area contributed by atoms with E-state index in [9.17, 15) is 14.7 Å². The smallest absolute Gasteiger partial charge is 0.347 e. The fraction of sp³-hybridized carbons (Fsp3) is 0.214. The average Bonchev–Trinajstić information content (AvgIpc) is 2.78. The maximum atomic E-state index is 11.8. The number of benzene rings is 1. The van der Waals surface area contributed by atoms with E-state index in [0.717, 1.165) is 11.3 Å². The van der Waals surface area contributed by atoms with E-state index in [0.29, 0.717) is 16.3 Å². The normalized spacial score (nSPS) is 10.3. The minimum atomic E-state index is -1.01. The van der Waals surface area contributed by atoms with Crippen molar-refractivity contribution in [1.29, 1.82) is 0 Å². The first-order valence-electron chi connectivity index (χ1n) is 6.20. The number of aromatic carboxylic acids is 1. The summed E-state index contributed by atoms with van der Waals surface area (Å²) in [5, 5.41) is 21.5. The van der Waals surface area contributed by atoms with Gasteiger partial charge in [-0.05, 0) is 24.6 Å². The molecule has 1 heterocycles.